The van der Waals surface area contributed by atoms with Crippen LogP contribution in [0.25, 0.3) is 0 Å². The van der Waals surface area contributed by atoms with Gasteiger partial charge in [0.05, 0.1) is 6.54 Å². The molecule has 6 rings (SSSR count). The van der Waals surface area contributed by atoms with Crippen molar-refractivity contribution < 1.29 is 9.53 Å². The van der Waals surface area contributed by atoms with Gasteiger partial charge in [-0.15, -0.1) is 0 Å². The summed E-state index contributed by atoms with van der Waals surface area (Å²) < 4.78 is 6.50. The minimum atomic E-state index is 0.199. The van der Waals surface area contributed by atoms with Crippen molar-refractivity contribution in [3.63, 3.8) is 0 Å². The van der Waals surface area contributed by atoms with Crippen LogP contribution in [0.1, 0.15) is 70.8 Å². The molecule has 4 heteroatoms. The topological polar surface area (TPSA) is 38.7 Å². The lowest BCUT2D eigenvalue weighted by molar-refractivity contribution is -0.122. The van der Waals surface area contributed by atoms with Crippen LogP contribution in [-0.4, -0.2) is 24.3 Å². The van der Waals surface area contributed by atoms with Crippen LogP contribution in [0.3, 0.4) is 0 Å². The highest BCUT2D eigenvalue weighted by atomic mass is 35.5. The molecule has 0 unspecified atom stereocenters. The molecule has 3 fully saturated rings. The van der Waals surface area contributed by atoms with Crippen molar-refractivity contribution in [2.45, 2.75) is 71.3 Å². The summed E-state index contributed by atoms with van der Waals surface area (Å²) in [6.07, 6.45) is 11.6. The largest absolute Gasteiger partial charge is 0.472 e. The quantitative estimate of drug-likeness (QED) is 0.473. The lowest BCUT2D eigenvalue weighted by Gasteiger charge is -2.57. The molecule has 7 atom stereocenters. The molecule has 0 saturated heterocycles. The van der Waals surface area contributed by atoms with Gasteiger partial charge < -0.3 is 4.74 Å². The predicted octanol–water partition coefficient (Wildman–Crippen LogP) is 6.63. The molecule has 5 aliphatic rings. The third-order valence-corrected chi connectivity index (χ3v) is 10.5. The molecule has 0 spiro atoms. The van der Waals surface area contributed by atoms with Crippen LogP contribution >= 0.6 is 11.6 Å². The Labute approximate surface area is 196 Å². The lowest BCUT2D eigenvalue weighted by atomic mass is 9.47. The number of carbonyl (C=O) groups is 1. The number of halogens is 1. The van der Waals surface area contributed by atoms with E-state index in [0.717, 1.165) is 53.6 Å². The first-order valence-corrected chi connectivity index (χ1v) is 12.9. The van der Waals surface area contributed by atoms with E-state index >= 15 is 0 Å². The van der Waals surface area contributed by atoms with Gasteiger partial charge in [0.25, 0.3) is 0 Å². The Morgan fingerprint density at radius 1 is 1.03 bits per heavy atom. The SMILES string of the molecule is C[C@]12CC[C@H]3[C@@H](CC=C4CC(=O)CC[C@@]43C)[C@@H]1CC[C@@H]2[C@@H]1CN=C(c2ccc(Cl)cc2)O1. The third-order valence-electron chi connectivity index (χ3n) is 10.2. The van der Waals surface area contributed by atoms with E-state index in [1.54, 1.807) is 0 Å². The molecule has 0 amide bonds. The molecular formula is C28H34ClNO2. The number of carbonyl (C=O) groups excluding carboxylic acids is 1. The Hall–Kier alpha value is -1.61. The average Bonchev–Trinajstić information content (AvgIpc) is 3.39. The van der Waals surface area contributed by atoms with E-state index in [4.69, 9.17) is 21.3 Å². The molecule has 1 aliphatic heterocycles. The standard InChI is InChI=1S/C28H34ClNO2/c1-27-13-11-20(31)15-18(27)5-8-21-22-9-10-24(28(22,2)14-12-23(21)27)25-16-30-26(32-25)17-3-6-19(29)7-4-17/h3-7,21-25H,8-16H2,1-2H3/t21-,22-,23-,24+,25-,27-,28-/m0/s1. The molecule has 4 aliphatic carbocycles. The molecule has 1 heterocycles. The van der Waals surface area contributed by atoms with Gasteiger partial charge in [0.15, 0.2) is 0 Å². The Morgan fingerprint density at radius 3 is 2.62 bits per heavy atom. The maximum Gasteiger partial charge on any atom is 0.216 e. The van der Waals surface area contributed by atoms with E-state index in [-0.39, 0.29) is 11.5 Å². The van der Waals surface area contributed by atoms with Gasteiger partial charge in [-0.05, 0) is 91.4 Å². The van der Waals surface area contributed by atoms with Crippen molar-refractivity contribution in [1.82, 2.24) is 0 Å². The van der Waals surface area contributed by atoms with Crippen LogP contribution in [0.5, 0.6) is 0 Å². The number of nitrogens with zero attached hydrogens (tertiary/aromatic N) is 1. The molecule has 170 valence electrons. The Balaban J connectivity index is 1.21. The molecule has 0 radical (unpaired) electrons. The zero-order valence-electron chi connectivity index (χ0n) is 19.3. The van der Waals surface area contributed by atoms with Crippen molar-refractivity contribution in [2.24, 2.45) is 39.5 Å². The van der Waals surface area contributed by atoms with Crippen LogP contribution in [-0.2, 0) is 9.53 Å². The lowest BCUT2D eigenvalue weighted by Crippen LogP contribution is -2.51. The predicted molar refractivity (Wildman–Crippen MR) is 128 cm³/mol. The second-order valence-electron chi connectivity index (χ2n) is 11.5. The smallest absolute Gasteiger partial charge is 0.216 e. The van der Waals surface area contributed by atoms with Crippen LogP contribution in [0.4, 0.5) is 0 Å². The zero-order chi connectivity index (χ0) is 22.1. The Kier molecular flexibility index (Phi) is 4.88. The number of hydrogen-bond acceptors (Lipinski definition) is 3. The molecule has 3 nitrogen and oxygen atoms in total. The van der Waals surface area contributed by atoms with E-state index in [1.807, 2.05) is 24.3 Å². The second-order valence-corrected chi connectivity index (χ2v) is 11.9. The highest BCUT2D eigenvalue weighted by Gasteiger charge is 2.60. The average molecular weight is 452 g/mol. The Morgan fingerprint density at radius 2 is 1.81 bits per heavy atom. The van der Waals surface area contributed by atoms with Crippen molar-refractivity contribution in [3.05, 3.63) is 46.5 Å². The Bertz CT molecular complexity index is 997. The number of ether oxygens (including phenoxy) is 1. The van der Waals surface area contributed by atoms with E-state index in [1.165, 1.54) is 37.7 Å². The number of hydrogen-bond donors (Lipinski definition) is 0. The van der Waals surface area contributed by atoms with Gasteiger partial charge in [0, 0.05) is 29.3 Å². The van der Waals surface area contributed by atoms with Gasteiger partial charge in [0.2, 0.25) is 5.90 Å². The molecular weight excluding hydrogens is 418 g/mol. The summed E-state index contributed by atoms with van der Waals surface area (Å²) in [5, 5.41) is 0.743. The number of fused-ring (bicyclic) bond motifs is 5. The molecule has 3 saturated carbocycles. The van der Waals surface area contributed by atoms with Crippen molar-refractivity contribution >= 4 is 23.3 Å². The first-order chi connectivity index (χ1) is 15.4. The number of benzene rings is 1. The molecule has 32 heavy (non-hydrogen) atoms. The summed E-state index contributed by atoms with van der Waals surface area (Å²) >= 11 is 6.06. The minimum absolute atomic E-state index is 0.199. The van der Waals surface area contributed by atoms with E-state index in [0.29, 0.717) is 23.5 Å². The molecule has 1 aromatic rings. The molecule has 0 bridgehead atoms. The number of ketones is 1. The normalized spacial score (nSPS) is 43.0. The number of aliphatic imine (C=N–C) groups is 1. The second kappa shape index (κ2) is 7.45. The minimum Gasteiger partial charge on any atom is -0.472 e. The zero-order valence-corrected chi connectivity index (χ0v) is 20.0. The summed E-state index contributed by atoms with van der Waals surface area (Å²) in [7, 11) is 0. The van der Waals surface area contributed by atoms with E-state index in [2.05, 4.69) is 19.9 Å². The first-order valence-electron chi connectivity index (χ1n) is 12.6. The molecule has 0 aromatic heterocycles. The maximum atomic E-state index is 12.1. The highest BCUT2D eigenvalue weighted by Crippen LogP contribution is 2.66. The van der Waals surface area contributed by atoms with Crippen LogP contribution in [0.2, 0.25) is 5.02 Å². The summed E-state index contributed by atoms with van der Waals surface area (Å²) in [6.45, 7) is 5.81. The van der Waals surface area contributed by atoms with E-state index in [9.17, 15) is 4.79 Å². The monoisotopic (exact) mass is 451 g/mol. The fourth-order valence-corrected chi connectivity index (χ4v) is 8.61. The maximum absolute atomic E-state index is 12.1. The van der Waals surface area contributed by atoms with Gasteiger partial charge >= 0.3 is 0 Å². The first kappa shape index (κ1) is 21.0. The number of allylic oxidation sites excluding steroid dienone is 2. The van der Waals surface area contributed by atoms with Crippen LogP contribution in [0.15, 0.2) is 40.9 Å². The van der Waals surface area contributed by atoms with Crippen molar-refractivity contribution in [2.75, 3.05) is 6.54 Å². The van der Waals surface area contributed by atoms with Gasteiger partial charge in [-0.25, -0.2) is 4.99 Å². The van der Waals surface area contributed by atoms with Gasteiger partial charge in [-0.1, -0.05) is 37.1 Å². The fourth-order valence-electron chi connectivity index (χ4n) is 8.48. The number of Topliss-reactive ketones (excluding diaryl/α,β-unsaturated/α-hetero) is 1. The van der Waals surface area contributed by atoms with Crippen LogP contribution < -0.4 is 0 Å². The van der Waals surface area contributed by atoms with Gasteiger partial charge in [-0.3, -0.25) is 4.79 Å². The summed E-state index contributed by atoms with van der Waals surface area (Å²) in [5.41, 5.74) is 3.09. The molecule has 1 aromatic carbocycles. The number of rotatable bonds is 2. The molecule has 0 N–H and O–H groups in total. The van der Waals surface area contributed by atoms with Gasteiger partial charge in [-0.2, -0.15) is 0 Å². The summed E-state index contributed by atoms with van der Waals surface area (Å²) in [4.78, 5) is 16.9. The van der Waals surface area contributed by atoms with E-state index < -0.39 is 0 Å². The summed E-state index contributed by atoms with van der Waals surface area (Å²) in [6, 6.07) is 7.84. The van der Waals surface area contributed by atoms with Crippen molar-refractivity contribution in [3.8, 4) is 0 Å². The highest BCUT2D eigenvalue weighted by molar-refractivity contribution is 6.30. The van der Waals surface area contributed by atoms with Crippen LogP contribution in [0, 0.1) is 34.5 Å². The summed E-state index contributed by atoms with van der Waals surface area (Å²) in [5.74, 6) is 4.09. The van der Waals surface area contributed by atoms with Gasteiger partial charge in [0.1, 0.15) is 11.9 Å². The van der Waals surface area contributed by atoms with Crippen molar-refractivity contribution in [1.29, 1.82) is 0 Å². The fraction of sp³-hybridized carbons (Fsp3) is 0.643. The third kappa shape index (κ3) is 3.06.